The van der Waals surface area contributed by atoms with Crippen molar-refractivity contribution in [3.8, 4) is 0 Å². The standard InChI is InChI=1S/C10H13N5/c1-7-5-13-9(14-6-7)8(11)10-12-3-4-15(10)2/h3-6,8H,11H2,1-2H3. The van der Waals surface area contributed by atoms with Gasteiger partial charge in [-0.15, -0.1) is 0 Å². The molecule has 0 amide bonds. The van der Waals surface area contributed by atoms with Crippen molar-refractivity contribution in [1.29, 1.82) is 0 Å². The highest BCUT2D eigenvalue weighted by Crippen LogP contribution is 2.12. The molecule has 0 fully saturated rings. The molecule has 78 valence electrons. The van der Waals surface area contributed by atoms with Crippen LogP contribution < -0.4 is 5.73 Å². The maximum Gasteiger partial charge on any atom is 0.152 e. The minimum absolute atomic E-state index is 0.370. The van der Waals surface area contributed by atoms with E-state index in [4.69, 9.17) is 5.73 Å². The van der Waals surface area contributed by atoms with Gasteiger partial charge in [0.15, 0.2) is 5.82 Å². The summed E-state index contributed by atoms with van der Waals surface area (Å²) < 4.78 is 1.87. The average Bonchev–Trinajstić information content (AvgIpc) is 2.65. The Balaban J connectivity index is 2.32. The van der Waals surface area contributed by atoms with Crippen LogP contribution in [0.2, 0.25) is 0 Å². The summed E-state index contributed by atoms with van der Waals surface area (Å²) in [6, 6.07) is -0.370. The van der Waals surface area contributed by atoms with Crippen LogP contribution in [0.4, 0.5) is 0 Å². The Morgan fingerprint density at radius 1 is 1.27 bits per heavy atom. The second-order valence-corrected chi connectivity index (χ2v) is 3.49. The summed E-state index contributed by atoms with van der Waals surface area (Å²) in [5.41, 5.74) is 7.02. The molecule has 5 nitrogen and oxygen atoms in total. The van der Waals surface area contributed by atoms with E-state index in [1.807, 2.05) is 24.7 Å². The monoisotopic (exact) mass is 203 g/mol. The normalized spacial score (nSPS) is 12.7. The molecule has 0 saturated heterocycles. The van der Waals surface area contributed by atoms with E-state index < -0.39 is 0 Å². The van der Waals surface area contributed by atoms with Crippen LogP contribution in [0.25, 0.3) is 0 Å². The largest absolute Gasteiger partial charge is 0.336 e. The minimum atomic E-state index is -0.370. The number of aryl methyl sites for hydroxylation is 2. The molecule has 0 bridgehead atoms. The zero-order valence-electron chi connectivity index (χ0n) is 8.75. The molecule has 0 aliphatic carbocycles. The van der Waals surface area contributed by atoms with E-state index in [9.17, 15) is 0 Å². The molecule has 0 spiro atoms. The van der Waals surface area contributed by atoms with Crippen molar-refractivity contribution in [3.63, 3.8) is 0 Å². The molecule has 15 heavy (non-hydrogen) atoms. The third-order valence-corrected chi connectivity index (χ3v) is 2.22. The van der Waals surface area contributed by atoms with Gasteiger partial charge in [0.1, 0.15) is 11.9 Å². The van der Waals surface area contributed by atoms with E-state index in [0.29, 0.717) is 5.82 Å². The Bertz CT molecular complexity index is 445. The molecular formula is C10H13N5. The van der Waals surface area contributed by atoms with Gasteiger partial charge >= 0.3 is 0 Å². The molecule has 0 aliphatic heterocycles. The lowest BCUT2D eigenvalue weighted by Gasteiger charge is -2.09. The van der Waals surface area contributed by atoms with Crippen molar-refractivity contribution >= 4 is 0 Å². The third-order valence-electron chi connectivity index (χ3n) is 2.22. The van der Waals surface area contributed by atoms with Crippen LogP contribution in [-0.2, 0) is 7.05 Å². The van der Waals surface area contributed by atoms with Gasteiger partial charge in [0.2, 0.25) is 0 Å². The van der Waals surface area contributed by atoms with Gasteiger partial charge in [-0.2, -0.15) is 0 Å². The molecule has 2 aromatic rings. The van der Waals surface area contributed by atoms with E-state index in [1.54, 1.807) is 18.6 Å². The number of nitrogens with two attached hydrogens (primary N) is 1. The zero-order chi connectivity index (χ0) is 10.8. The predicted octanol–water partition coefficient (Wildman–Crippen LogP) is 0.567. The van der Waals surface area contributed by atoms with Gasteiger partial charge in [-0.25, -0.2) is 15.0 Å². The summed E-state index contributed by atoms with van der Waals surface area (Å²) >= 11 is 0. The summed E-state index contributed by atoms with van der Waals surface area (Å²) in [6.07, 6.45) is 7.07. The summed E-state index contributed by atoms with van der Waals surface area (Å²) in [4.78, 5) is 12.5. The number of hydrogen-bond donors (Lipinski definition) is 1. The van der Waals surface area contributed by atoms with Crippen LogP contribution in [0, 0.1) is 6.92 Å². The lowest BCUT2D eigenvalue weighted by atomic mass is 10.2. The maximum atomic E-state index is 6.00. The fourth-order valence-corrected chi connectivity index (χ4v) is 1.36. The van der Waals surface area contributed by atoms with E-state index >= 15 is 0 Å². The first kappa shape index (κ1) is 9.79. The maximum absolute atomic E-state index is 6.00. The third kappa shape index (κ3) is 1.87. The first-order chi connectivity index (χ1) is 7.18. The lowest BCUT2D eigenvalue weighted by molar-refractivity contribution is 0.677. The van der Waals surface area contributed by atoms with Crippen LogP contribution in [0.1, 0.15) is 23.3 Å². The Hall–Kier alpha value is -1.75. The average molecular weight is 203 g/mol. The van der Waals surface area contributed by atoms with Gasteiger partial charge in [0.25, 0.3) is 0 Å². The fourth-order valence-electron chi connectivity index (χ4n) is 1.36. The van der Waals surface area contributed by atoms with Crippen molar-refractivity contribution in [1.82, 2.24) is 19.5 Å². The van der Waals surface area contributed by atoms with Gasteiger partial charge in [0.05, 0.1) is 0 Å². The Labute approximate surface area is 88.0 Å². The first-order valence-corrected chi connectivity index (χ1v) is 4.70. The van der Waals surface area contributed by atoms with Gasteiger partial charge in [-0.3, -0.25) is 0 Å². The van der Waals surface area contributed by atoms with Crippen LogP contribution in [0.3, 0.4) is 0 Å². The molecule has 2 aromatic heterocycles. The minimum Gasteiger partial charge on any atom is -0.336 e. The molecule has 1 atom stereocenters. The molecule has 0 aromatic carbocycles. The zero-order valence-corrected chi connectivity index (χ0v) is 8.75. The quantitative estimate of drug-likeness (QED) is 0.774. The smallest absolute Gasteiger partial charge is 0.152 e. The van der Waals surface area contributed by atoms with Gasteiger partial charge in [-0.05, 0) is 12.5 Å². The van der Waals surface area contributed by atoms with E-state index in [-0.39, 0.29) is 6.04 Å². The number of nitrogens with zero attached hydrogens (tertiary/aromatic N) is 4. The van der Waals surface area contributed by atoms with Crippen molar-refractivity contribution < 1.29 is 0 Å². The van der Waals surface area contributed by atoms with Crippen molar-refractivity contribution in [3.05, 3.63) is 42.0 Å². The highest BCUT2D eigenvalue weighted by atomic mass is 15.1. The lowest BCUT2D eigenvalue weighted by Crippen LogP contribution is -2.19. The number of hydrogen-bond acceptors (Lipinski definition) is 4. The summed E-state index contributed by atoms with van der Waals surface area (Å²) in [6.45, 7) is 1.94. The van der Waals surface area contributed by atoms with Crippen molar-refractivity contribution in [2.24, 2.45) is 12.8 Å². The van der Waals surface area contributed by atoms with Crippen LogP contribution in [-0.4, -0.2) is 19.5 Å². The molecule has 5 heteroatoms. The summed E-state index contributed by atoms with van der Waals surface area (Å²) in [5.74, 6) is 1.36. The van der Waals surface area contributed by atoms with E-state index in [1.165, 1.54) is 0 Å². The van der Waals surface area contributed by atoms with Gasteiger partial charge in [0, 0.05) is 31.8 Å². The topological polar surface area (TPSA) is 69.6 Å². The fraction of sp³-hybridized carbons (Fsp3) is 0.300. The van der Waals surface area contributed by atoms with E-state index in [0.717, 1.165) is 11.4 Å². The van der Waals surface area contributed by atoms with Crippen molar-refractivity contribution in [2.75, 3.05) is 0 Å². The van der Waals surface area contributed by atoms with Crippen LogP contribution >= 0.6 is 0 Å². The number of aromatic nitrogens is 4. The summed E-state index contributed by atoms with van der Waals surface area (Å²) in [7, 11) is 1.90. The molecule has 0 saturated carbocycles. The molecule has 2 N–H and O–H groups in total. The Morgan fingerprint density at radius 2 is 1.93 bits per heavy atom. The SMILES string of the molecule is Cc1cnc(C(N)c2nccn2C)nc1. The second kappa shape index (κ2) is 3.78. The molecule has 1 unspecified atom stereocenters. The number of rotatable bonds is 2. The van der Waals surface area contributed by atoms with Crippen LogP contribution in [0.5, 0.6) is 0 Å². The molecular weight excluding hydrogens is 190 g/mol. The first-order valence-electron chi connectivity index (χ1n) is 4.70. The van der Waals surface area contributed by atoms with Gasteiger partial charge < -0.3 is 10.3 Å². The van der Waals surface area contributed by atoms with E-state index in [2.05, 4.69) is 15.0 Å². The summed E-state index contributed by atoms with van der Waals surface area (Å²) in [5, 5.41) is 0. The molecule has 2 rings (SSSR count). The second-order valence-electron chi connectivity index (χ2n) is 3.49. The predicted molar refractivity (Wildman–Crippen MR) is 56.0 cm³/mol. The number of imidazole rings is 1. The Kier molecular flexibility index (Phi) is 2.47. The highest BCUT2D eigenvalue weighted by Gasteiger charge is 2.15. The molecule has 2 heterocycles. The van der Waals surface area contributed by atoms with Crippen molar-refractivity contribution in [2.45, 2.75) is 13.0 Å². The van der Waals surface area contributed by atoms with Crippen LogP contribution in [0.15, 0.2) is 24.8 Å². The molecule has 0 radical (unpaired) electrons. The molecule has 0 aliphatic rings. The highest BCUT2D eigenvalue weighted by molar-refractivity contribution is 5.12. The van der Waals surface area contributed by atoms with Gasteiger partial charge in [-0.1, -0.05) is 0 Å². The Morgan fingerprint density at radius 3 is 2.47 bits per heavy atom.